The number of hydrogen-bond donors (Lipinski definition) is 1. The minimum Gasteiger partial charge on any atom is -0.497 e. The minimum absolute atomic E-state index is 0.118. The lowest BCUT2D eigenvalue weighted by atomic mass is 10.0. The van der Waals surface area contributed by atoms with Crippen LogP contribution in [-0.4, -0.2) is 54.1 Å². The number of piperazine rings is 1. The SMILES string of the molecule is COc1ccc(-c2[nH]c3ccc(F)cc3c2CCC(=O)N2CCN(c3ccccn3)CC2)cc1. The molecule has 1 N–H and O–H groups in total. The molecule has 3 heterocycles. The molecule has 1 amide bonds. The van der Waals surface area contributed by atoms with Crippen molar-refractivity contribution in [1.82, 2.24) is 14.9 Å². The van der Waals surface area contributed by atoms with E-state index in [4.69, 9.17) is 4.74 Å². The Bertz CT molecular complexity index is 1280. The van der Waals surface area contributed by atoms with Crippen molar-refractivity contribution in [3.63, 3.8) is 0 Å². The van der Waals surface area contributed by atoms with Crippen LogP contribution in [0.2, 0.25) is 0 Å². The van der Waals surface area contributed by atoms with Crippen LogP contribution in [0.3, 0.4) is 0 Å². The third-order valence-corrected chi connectivity index (χ3v) is 6.44. The van der Waals surface area contributed by atoms with Crippen molar-refractivity contribution in [2.75, 3.05) is 38.2 Å². The van der Waals surface area contributed by atoms with Gasteiger partial charge in [0, 0.05) is 55.4 Å². The van der Waals surface area contributed by atoms with Crippen LogP contribution in [0.15, 0.2) is 66.9 Å². The maximum absolute atomic E-state index is 14.1. The highest BCUT2D eigenvalue weighted by Crippen LogP contribution is 2.33. The summed E-state index contributed by atoms with van der Waals surface area (Å²) in [7, 11) is 1.63. The number of aromatic nitrogens is 2. The number of halogens is 1. The Morgan fingerprint density at radius 3 is 2.56 bits per heavy atom. The highest BCUT2D eigenvalue weighted by Gasteiger charge is 2.23. The van der Waals surface area contributed by atoms with Crippen LogP contribution >= 0.6 is 0 Å². The van der Waals surface area contributed by atoms with Gasteiger partial charge >= 0.3 is 0 Å². The van der Waals surface area contributed by atoms with Crippen LogP contribution in [0.5, 0.6) is 5.75 Å². The molecule has 1 fully saturated rings. The average Bonchev–Trinajstić information content (AvgIpc) is 3.25. The summed E-state index contributed by atoms with van der Waals surface area (Å²) in [5, 5.41) is 0.818. The molecule has 0 bridgehead atoms. The van der Waals surface area contributed by atoms with Gasteiger partial charge in [0.25, 0.3) is 0 Å². The summed E-state index contributed by atoms with van der Waals surface area (Å²) in [4.78, 5) is 25.0. The molecule has 0 radical (unpaired) electrons. The van der Waals surface area contributed by atoms with Crippen LogP contribution in [-0.2, 0) is 11.2 Å². The van der Waals surface area contributed by atoms with E-state index in [1.54, 1.807) is 25.4 Å². The summed E-state index contributed by atoms with van der Waals surface area (Å²) in [5.74, 6) is 1.55. The van der Waals surface area contributed by atoms with Gasteiger partial charge in [-0.05, 0) is 72.1 Å². The molecular formula is C27H27FN4O2. The fourth-order valence-electron chi connectivity index (χ4n) is 4.60. The van der Waals surface area contributed by atoms with Crippen LogP contribution in [0, 0.1) is 5.82 Å². The van der Waals surface area contributed by atoms with Gasteiger partial charge in [0.2, 0.25) is 5.91 Å². The first-order chi connectivity index (χ1) is 16.6. The second-order valence-electron chi connectivity index (χ2n) is 8.45. The first-order valence-corrected chi connectivity index (χ1v) is 11.5. The van der Waals surface area contributed by atoms with Crippen molar-refractivity contribution in [2.45, 2.75) is 12.8 Å². The number of benzene rings is 2. The Morgan fingerprint density at radius 1 is 1.06 bits per heavy atom. The van der Waals surface area contributed by atoms with Crippen LogP contribution in [0.4, 0.5) is 10.2 Å². The molecule has 1 aliphatic rings. The first-order valence-electron chi connectivity index (χ1n) is 11.5. The molecule has 34 heavy (non-hydrogen) atoms. The van der Waals surface area contributed by atoms with Gasteiger partial charge in [-0.15, -0.1) is 0 Å². The van der Waals surface area contributed by atoms with E-state index in [9.17, 15) is 9.18 Å². The number of ether oxygens (including phenoxy) is 1. The smallest absolute Gasteiger partial charge is 0.223 e. The quantitative estimate of drug-likeness (QED) is 0.457. The molecule has 2 aromatic carbocycles. The largest absolute Gasteiger partial charge is 0.497 e. The Hall–Kier alpha value is -3.87. The summed E-state index contributed by atoms with van der Waals surface area (Å²) in [6.07, 6.45) is 2.69. The number of carbonyl (C=O) groups is 1. The molecule has 0 saturated carbocycles. The lowest BCUT2D eigenvalue weighted by molar-refractivity contribution is -0.131. The second-order valence-corrected chi connectivity index (χ2v) is 8.45. The van der Waals surface area contributed by atoms with Gasteiger partial charge in [0.15, 0.2) is 0 Å². The number of nitrogens with zero attached hydrogens (tertiary/aromatic N) is 3. The Balaban J connectivity index is 1.32. The molecule has 0 aliphatic carbocycles. The number of fused-ring (bicyclic) bond motifs is 1. The Morgan fingerprint density at radius 2 is 1.85 bits per heavy atom. The van der Waals surface area contributed by atoms with Gasteiger partial charge in [-0.1, -0.05) is 6.07 Å². The zero-order chi connectivity index (χ0) is 23.5. The van der Waals surface area contributed by atoms with Crippen molar-refractivity contribution in [2.24, 2.45) is 0 Å². The predicted octanol–water partition coefficient (Wildman–Crippen LogP) is 4.66. The number of anilines is 1. The van der Waals surface area contributed by atoms with E-state index in [1.165, 1.54) is 6.07 Å². The molecular weight excluding hydrogens is 431 g/mol. The molecule has 0 unspecified atom stereocenters. The topological polar surface area (TPSA) is 61.5 Å². The molecule has 4 aromatic rings. The summed E-state index contributed by atoms with van der Waals surface area (Å²) in [5.41, 5.74) is 3.71. The van der Waals surface area contributed by atoms with Crippen molar-refractivity contribution in [3.05, 3.63) is 78.2 Å². The maximum atomic E-state index is 14.1. The fourth-order valence-corrected chi connectivity index (χ4v) is 4.60. The lowest BCUT2D eigenvalue weighted by Gasteiger charge is -2.35. The third kappa shape index (κ3) is 4.46. The normalized spacial score (nSPS) is 13.9. The Kier molecular flexibility index (Phi) is 6.16. The number of methoxy groups -OCH3 is 1. The van der Waals surface area contributed by atoms with Gasteiger partial charge < -0.3 is 19.5 Å². The number of amides is 1. The monoisotopic (exact) mass is 458 g/mol. The highest BCUT2D eigenvalue weighted by atomic mass is 19.1. The number of pyridine rings is 1. The minimum atomic E-state index is -0.286. The second kappa shape index (κ2) is 9.55. The lowest BCUT2D eigenvalue weighted by Crippen LogP contribution is -2.49. The van der Waals surface area contributed by atoms with Crippen molar-refractivity contribution < 1.29 is 13.9 Å². The van der Waals surface area contributed by atoms with Crippen LogP contribution < -0.4 is 9.64 Å². The van der Waals surface area contributed by atoms with Crippen LogP contribution in [0.1, 0.15) is 12.0 Å². The maximum Gasteiger partial charge on any atom is 0.223 e. The predicted molar refractivity (Wildman–Crippen MR) is 132 cm³/mol. The van der Waals surface area contributed by atoms with Gasteiger partial charge in [-0.3, -0.25) is 4.79 Å². The van der Waals surface area contributed by atoms with Gasteiger partial charge in [0.05, 0.1) is 7.11 Å². The van der Waals surface area contributed by atoms with Crippen LogP contribution in [0.25, 0.3) is 22.2 Å². The molecule has 5 rings (SSSR count). The molecule has 1 aliphatic heterocycles. The third-order valence-electron chi connectivity index (χ3n) is 6.44. The summed E-state index contributed by atoms with van der Waals surface area (Å²) < 4.78 is 19.4. The van der Waals surface area contributed by atoms with Crippen molar-refractivity contribution in [3.8, 4) is 17.0 Å². The summed E-state index contributed by atoms with van der Waals surface area (Å²) in [6, 6.07) is 18.4. The van der Waals surface area contributed by atoms with Crippen molar-refractivity contribution in [1.29, 1.82) is 0 Å². The number of carbonyl (C=O) groups excluding carboxylic acids is 1. The van der Waals surface area contributed by atoms with Gasteiger partial charge in [-0.2, -0.15) is 0 Å². The number of aromatic amines is 1. The Labute approximate surface area is 198 Å². The number of aryl methyl sites for hydroxylation is 1. The molecule has 7 heteroatoms. The van der Waals surface area contributed by atoms with Gasteiger partial charge in [0.1, 0.15) is 17.4 Å². The van der Waals surface area contributed by atoms with Crippen molar-refractivity contribution >= 4 is 22.6 Å². The number of H-pyrrole nitrogens is 1. The zero-order valence-corrected chi connectivity index (χ0v) is 19.1. The molecule has 0 spiro atoms. The van der Waals surface area contributed by atoms with E-state index < -0.39 is 0 Å². The zero-order valence-electron chi connectivity index (χ0n) is 19.1. The molecule has 6 nitrogen and oxygen atoms in total. The average molecular weight is 459 g/mol. The summed E-state index contributed by atoms with van der Waals surface area (Å²) >= 11 is 0. The van der Waals surface area contributed by atoms with Gasteiger partial charge in [-0.25, -0.2) is 9.37 Å². The fraction of sp³-hybridized carbons (Fsp3) is 0.259. The van der Waals surface area contributed by atoms with E-state index in [0.29, 0.717) is 25.9 Å². The molecule has 2 aromatic heterocycles. The molecule has 174 valence electrons. The highest BCUT2D eigenvalue weighted by molar-refractivity contribution is 5.91. The van der Waals surface area contributed by atoms with E-state index >= 15 is 0 Å². The number of hydrogen-bond acceptors (Lipinski definition) is 4. The van der Waals surface area contributed by atoms with E-state index in [-0.39, 0.29) is 11.7 Å². The number of nitrogens with one attached hydrogen (secondary N) is 1. The van der Waals surface area contributed by atoms with E-state index in [2.05, 4.69) is 14.9 Å². The first kappa shape index (κ1) is 21.9. The molecule has 0 atom stereocenters. The van der Waals surface area contributed by atoms with E-state index in [0.717, 1.165) is 52.4 Å². The van der Waals surface area contributed by atoms with E-state index in [1.807, 2.05) is 47.4 Å². The molecule has 1 saturated heterocycles. The standard InChI is InChI=1S/C27H27FN4O2/c1-34-21-8-5-19(6-9-21)27-22(23-18-20(28)7-11-24(23)30-27)10-12-26(33)32-16-14-31(15-17-32)25-4-2-3-13-29-25/h2-9,11,13,18,30H,10,12,14-17H2,1H3. The summed E-state index contributed by atoms with van der Waals surface area (Å²) in [6.45, 7) is 2.86. The number of rotatable bonds is 6.